The fraction of sp³-hybridized carbons (Fsp3) is 1.00. The highest BCUT2D eigenvalue weighted by atomic mass is 15.2. The largest absolute Gasteiger partial charge is 0.314 e. The van der Waals surface area contributed by atoms with Gasteiger partial charge in [0.1, 0.15) is 0 Å². The first-order valence-electron chi connectivity index (χ1n) is 6.10. The zero-order valence-corrected chi connectivity index (χ0v) is 10.2. The predicted octanol–water partition coefficient (Wildman–Crippen LogP) is 2.25. The molecule has 0 bridgehead atoms. The van der Waals surface area contributed by atoms with Crippen LogP contribution < -0.4 is 5.32 Å². The third-order valence-electron chi connectivity index (χ3n) is 2.93. The molecule has 0 amide bonds. The summed E-state index contributed by atoms with van der Waals surface area (Å²) in [4.78, 5) is 2.56. The quantitative estimate of drug-likeness (QED) is 0.631. The lowest BCUT2D eigenvalue weighted by atomic mass is 10.2. The Balaban J connectivity index is 2.05. The summed E-state index contributed by atoms with van der Waals surface area (Å²) in [6.07, 6.45) is 4.09. The predicted molar refractivity (Wildman–Crippen MR) is 62.6 cm³/mol. The van der Waals surface area contributed by atoms with Crippen molar-refractivity contribution in [1.82, 2.24) is 10.2 Å². The molecule has 1 saturated carbocycles. The summed E-state index contributed by atoms with van der Waals surface area (Å²) in [6.45, 7) is 11.6. The molecule has 0 heterocycles. The molecule has 84 valence electrons. The van der Waals surface area contributed by atoms with Crippen molar-refractivity contribution >= 4 is 0 Å². The van der Waals surface area contributed by atoms with Crippen molar-refractivity contribution in [3.05, 3.63) is 0 Å². The van der Waals surface area contributed by atoms with Gasteiger partial charge in [0.25, 0.3) is 0 Å². The van der Waals surface area contributed by atoms with Crippen molar-refractivity contribution in [1.29, 1.82) is 0 Å². The highest BCUT2D eigenvalue weighted by molar-refractivity contribution is 4.80. The Morgan fingerprint density at radius 3 is 2.14 bits per heavy atom. The van der Waals surface area contributed by atoms with E-state index in [9.17, 15) is 0 Å². The van der Waals surface area contributed by atoms with Crippen LogP contribution in [0.1, 0.15) is 47.0 Å². The Morgan fingerprint density at radius 2 is 1.71 bits per heavy atom. The van der Waals surface area contributed by atoms with Gasteiger partial charge in [-0.3, -0.25) is 4.90 Å². The standard InChI is InChI=1S/C12H26N2/c1-10(2)14(11(3)4)9-5-8-13-12-6-7-12/h10-13H,5-9H2,1-4H3. The van der Waals surface area contributed by atoms with Crippen molar-refractivity contribution < 1.29 is 0 Å². The van der Waals surface area contributed by atoms with E-state index in [2.05, 4.69) is 37.9 Å². The molecule has 0 aliphatic heterocycles. The number of hydrogen-bond donors (Lipinski definition) is 1. The van der Waals surface area contributed by atoms with Crippen LogP contribution in [0, 0.1) is 0 Å². The normalized spacial score (nSPS) is 17.4. The van der Waals surface area contributed by atoms with Crippen LogP contribution in [0.25, 0.3) is 0 Å². The third-order valence-corrected chi connectivity index (χ3v) is 2.93. The van der Waals surface area contributed by atoms with Crippen LogP contribution in [0.15, 0.2) is 0 Å². The molecule has 0 radical (unpaired) electrons. The Morgan fingerprint density at radius 1 is 1.14 bits per heavy atom. The van der Waals surface area contributed by atoms with Crippen LogP contribution in [-0.2, 0) is 0 Å². The first kappa shape index (κ1) is 12.0. The molecular formula is C12H26N2. The van der Waals surface area contributed by atoms with Gasteiger partial charge >= 0.3 is 0 Å². The summed E-state index contributed by atoms with van der Waals surface area (Å²) in [5.74, 6) is 0. The first-order chi connectivity index (χ1) is 6.61. The van der Waals surface area contributed by atoms with E-state index in [-0.39, 0.29) is 0 Å². The van der Waals surface area contributed by atoms with Crippen LogP contribution in [0.5, 0.6) is 0 Å². The molecule has 2 nitrogen and oxygen atoms in total. The Labute approximate surface area is 89.1 Å². The molecule has 2 heteroatoms. The molecule has 0 aromatic rings. The molecule has 0 unspecified atom stereocenters. The summed E-state index contributed by atoms with van der Waals surface area (Å²) in [6, 6.07) is 2.22. The second kappa shape index (κ2) is 5.72. The lowest BCUT2D eigenvalue weighted by Crippen LogP contribution is -2.38. The van der Waals surface area contributed by atoms with Gasteiger partial charge in [0, 0.05) is 18.1 Å². The van der Waals surface area contributed by atoms with E-state index in [0.717, 1.165) is 6.04 Å². The van der Waals surface area contributed by atoms with E-state index in [1.165, 1.54) is 32.4 Å². The molecule has 0 saturated heterocycles. The molecule has 1 fully saturated rings. The van der Waals surface area contributed by atoms with E-state index in [1.807, 2.05) is 0 Å². The first-order valence-corrected chi connectivity index (χ1v) is 6.10. The summed E-state index contributed by atoms with van der Waals surface area (Å²) < 4.78 is 0. The zero-order valence-electron chi connectivity index (χ0n) is 10.2. The van der Waals surface area contributed by atoms with Crippen LogP contribution in [0.3, 0.4) is 0 Å². The van der Waals surface area contributed by atoms with Crippen LogP contribution >= 0.6 is 0 Å². The molecule has 1 N–H and O–H groups in total. The minimum atomic E-state index is 0.677. The summed E-state index contributed by atoms with van der Waals surface area (Å²) in [5, 5.41) is 3.56. The Hall–Kier alpha value is -0.0800. The van der Waals surface area contributed by atoms with Crippen molar-refractivity contribution in [2.75, 3.05) is 13.1 Å². The minimum absolute atomic E-state index is 0.677. The molecule has 0 atom stereocenters. The monoisotopic (exact) mass is 198 g/mol. The molecule has 1 aliphatic rings. The van der Waals surface area contributed by atoms with Gasteiger partial charge in [-0.25, -0.2) is 0 Å². The van der Waals surface area contributed by atoms with E-state index >= 15 is 0 Å². The second-order valence-corrected chi connectivity index (χ2v) is 5.01. The highest BCUT2D eigenvalue weighted by Crippen LogP contribution is 2.18. The van der Waals surface area contributed by atoms with Crippen molar-refractivity contribution in [3.63, 3.8) is 0 Å². The third kappa shape index (κ3) is 4.43. The molecule has 14 heavy (non-hydrogen) atoms. The highest BCUT2D eigenvalue weighted by Gasteiger charge is 2.20. The van der Waals surface area contributed by atoms with Gasteiger partial charge in [-0.05, 0) is 60.0 Å². The van der Waals surface area contributed by atoms with E-state index < -0.39 is 0 Å². The molecule has 0 aromatic heterocycles. The van der Waals surface area contributed by atoms with Crippen LogP contribution in [-0.4, -0.2) is 36.1 Å². The average molecular weight is 198 g/mol. The summed E-state index contributed by atoms with van der Waals surface area (Å²) in [7, 11) is 0. The maximum Gasteiger partial charge on any atom is 0.00682 e. The van der Waals surface area contributed by atoms with Gasteiger partial charge in [0.15, 0.2) is 0 Å². The van der Waals surface area contributed by atoms with Gasteiger partial charge in [0.2, 0.25) is 0 Å². The van der Waals surface area contributed by atoms with Gasteiger partial charge in [-0.2, -0.15) is 0 Å². The summed E-state index contributed by atoms with van der Waals surface area (Å²) >= 11 is 0. The maximum atomic E-state index is 3.56. The maximum absolute atomic E-state index is 3.56. The SMILES string of the molecule is CC(C)N(CCCNC1CC1)C(C)C. The summed E-state index contributed by atoms with van der Waals surface area (Å²) in [5.41, 5.74) is 0. The fourth-order valence-electron chi connectivity index (χ4n) is 1.97. The smallest absolute Gasteiger partial charge is 0.00682 e. The molecule has 1 aliphatic carbocycles. The van der Waals surface area contributed by atoms with Gasteiger partial charge in [-0.1, -0.05) is 0 Å². The lowest BCUT2D eigenvalue weighted by molar-refractivity contribution is 0.172. The topological polar surface area (TPSA) is 15.3 Å². The minimum Gasteiger partial charge on any atom is -0.314 e. The number of rotatable bonds is 7. The molecular weight excluding hydrogens is 172 g/mol. The van der Waals surface area contributed by atoms with Crippen LogP contribution in [0.4, 0.5) is 0 Å². The molecule has 0 aromatic carbocycles. The van der Waals surface area contributed by atoms with E-state index in [1.54, 1.807) is 0 Å². The van der Waals surface area contributed by atoms with Gasteiger partial charge in [-0.15, -0.1) is 0 Å². The number of hydrogen-bond acceptors (Lipinski definition) is 2. The average Bonchev–Trinajstić information content (AvgIpc) is 2.86. The number of nitrogens with zero attached hydrogens (tertiary/aromatic N) is 1. The van der Waals surface area contributed by atoms with E-state index in [4.69, 9.17) is 0 Å². The van der Waals surface area contributed by atoms with Gasteiger partial charge in [0.05, 0.1) is 0 Å². The van der Waals surface area contributed by atoms with Gasteiger partial charge < -0.3 is 5.32 Å². The van der Waals surface area contributed by atoms with Crippen molar-refractivity contribution in [2.45, 2.75) is 65.1 Å². The number of nitrogens with one attached hydrogen (secondary N) is 1. The Kier molecular flexibility index (Phi) is 4.90. The van der Waals surface area contributed by atoms with Crippen molar-refractivity contribution in [2.24, 2.45) is 0 Å². The fourth-order valence-corrected chi connectivity index (χ4v) is 1.97. The zero-order chi connectivity index (χ0) is 10.6. The lowest BCUT2D eigenvalue weighted by Gasteiger charge is -2.30. The Bertz CT molecular complexity index is 142. The van der Waals surface area contributed by atoms with Crippen LogP contribution in [0.2, 0.25) is 0 Å². The molecule has 0 spiro atoms. The second-order valence-electron chi connectivity index (χ2n) is 5.01. The molecule has 1 rings (SSSR count). The van der Waals surface area contributed by atoms with Crippen molar-refractivity contribution in [3.8, 4) is 0 Å². The van der Waals surface area contributed by atoms with E-state index in [0.29, 0.717) is 12.1 Å².